The van der Waals surface area contributed by atoms with Crippen molar-refractivity contribution in [2.24, 2.45) is 0 Å². The van der Waals surface area contributed by atoms with Crippen molar-refractivity contribution >= 4 is 11.7 Å². The summed E-state index contributed by atoms with van der Waals surface area (Å²) in [5, 5.41) is 5.07. The van der Waals surface area contributed by atoms with Gasteiger partial charge in [-0.15, -0.1) is 0 Å². The molecule has 5 nitrogen and oxygen atoms in total. The Balaban J connectivity index is 2.08. The number of hydrogen-bond acceptors (Lipinski definition) is 3. The number of amides is 2. The molecule has 1 atom stereocenters. The third-order valence-corrected chi connectivity index (χ3v) is 3.62. The highest BCUT2D eigenvalue weighted by Crippen LogP contribution is 2.29. The Morgan fingerprint density at radius 2 is 1.67 bits per heavy atom. The highest BCUT2D eigenvalue weighted by molar-refractivity contribution is 5.92. The number of aryl methyl sites for hydroxylation is 1. The van der Waals surface area contributed by atoms with E-state index in [9.17, 15) is 22.4 Å². The number of hydrogen-bond donors (Lipinski definition) is 2. The van der Waals surface area contributed by atoms with Crippen LogP contribution in [0.5, 0.6) is 11.5 Å². The largest absolute Gasteiger partial charge is 0.435 e. The van der Waals surface area contributed by atoms with Crippen LogP contribution >= 0.6 is 0 Å². The average Bonchev–Trinajstić information content (AvgIpc) is 2.57. The highest BCUT2D eigenvalue weighted by Gasteiger charge is 2.16. The van der Waals surface area contributed by atoms with Crippen LogP contribution in [0, 0.1) is 6.92 Å². The van der Waals surface area contributed by atoms with Crippen LogP contribution < -0.4 is 20.1 Å². The number of carbonyl (C=O) groups is 1. The van der Waals surface area contributed by atoms with Crippen LogP contribution in [0.2, 0.25) is 0 Å². The smallest absolute Gasteiger partial charge is 0.387 e. The maximum absolute atomic E-state index is 12.5. The van der Waals surface area contributed by atoms with E-state index in [2.05, 4.69) is 20.1 Å². The number of urea groups is 1. The lowest BCUT2D eigenvalue weighted by Gasteiger charge is -2.18. The summed E-state index contributed by atoms with van der Waals surface area (Å²) in [6, 6.07) is 9.10. The van der Waals surface area contributed by atoms with Gasteiger partial charge in [0.15, 0.2) is 0 Å². The van der Waals surface area contributed by atoms with Crippen molar-refractivity contribution in [3.8, 4) is 11.5 Å². The molecule has 2 aromatic carbocycles. The molecule has 146 valence electrons. The molecule has 0 saturated heterocycles. The number of nitrogens with one attached hydrogen (secondary N) is 2. The van der Waals surface area contributed by atoms with Gasteiger partial charge in [-0.3, -0.25) is 0 Å². The maximum atomic E-state index is 12.5. The molecule has 27 heavy (non-hydrogen) atoms. The lowest BCUT2D eigenvalue weighted by molar-refractivity contribution is -0.0503. The van der Waals surface area contributed by atoms with Gasteiger partial charge in [0.2, 0.25) is 0 Å². The van der Waals surface area contributed by atoms with E-state index in [1.165, 1.54) is 30.3 Å². The molecule has 0 heterocycles. The van der Waals surface area contributed by atoms with Crippen LogP contribution in [-0.4, -0.2) is 19.3 Å². The van der Waals surface area contributed by atoms with Gasteiger partial charge >= 0.3 is 19.3 Å². The van der Waals surface area contributed by atoms with Crippen molar-refractivity contribution in [1.82, 2.24) is 5.32 Å². The summed E-state index contributed by atoms with van der Waals surface area (Å²) >= 11 is 0. The highest BCUT2D eigenvalue weighted by atomic mass is 19.3. The van der Waals surface area contributed by atoms with Gasteiger partial charge in [0.25, 0.3) is 0 Å². The van der Waals surface area contributed by atoms with Gasteiger partial charge in [-0.1, -0.05) is 24.3 Å². The summed E-state index contributed by atoms with van der Waals surface area (Å²) in [7, 11) is 0. The summed E-state index contributed by atoms with van der Waals surface area (Å²) in [5.41, 5.74) is 1.16. The number of benzene rings is 2. The minimum absolute atomic E-state index is 0.0388. The molecule has 0 spiro atoms. The Bertz CT molecular complexity index is 787. The van der Waals surface area contributed by atoms with Crippen LogP contribution in [0.3, 0.4) is 0 Å². The Morgan fingerprint density at radius 1 is 1.00 bits per heavy atom. The van der Waals surface area contributed by atoms with E-state index >= 15 is 0 Å². The molecule has 2 amide bonds. The van der Waals surface area contributed by atoms with E-state index in [-0.39, 0.29) is 17.2 Å². The average molecular weight is 386 g/mol. The second-order valence-electron chi connectivity index (χ2n) is 5.60. The van der Waals surface area contributed by atoms with E-state index in [0.717, 1.165) is 0 Å². The molecule has 1 unspecified atom stereocenters. The first-order valence-corrected chi connectivity index (χ1v) is 7.93. The van der Waals surface area contributed by atoms with Gasteiger partial charge in [-0.25, -0.2) is 4.79 Å². The van der Waals surface area contributed by atoms with E-state index in [1.54, 1.807) is 26.0 Å². The zero-order valence-electron chi connectivity index (χ0n) is 14.5. The van der Waals surface area contributed by atoms with Gasteiger partial charge in [0, 0.05) is 0 Å². The fourth-order valence-corrected chi connectivity index (χ4v) is 2.38. The molecule has 0 aromatic heterocycles. The van der Waals surface area contributed by atoms with Crippen molar-refractivity contribution in [1.29, 1.82) is 0 Å². The molecule has 0 fully saturated rings. The van der Waals surface area contributed by atoms with Crippen LogP contribution in [0.15, 0.2) is 42.5 Å². The summed E-state index contributed by atoms with van der Waals surface area (Å²) in [6.45, 7) is -2.73. The molecular formula is C18H18F4N2O3. The van der Waals surface area contributed by atoms with Gasteiger partial charge in [0.05, 0.1) is 11.7 Å². The molecule has 0 radical (unpaired) electrons. The lowest BCUT2D eigenvalue weighted by atomic mass is 10.1. The van der Waals surface area contributed by atoms with E-state index in [4.69, 9.17) is 0 Å². The van der Waals surface area contributed by atoms with Gasteiger partial charge in [-0.05, 0) is 43.2 Å². The number of anilines is 1. The summed E-state index contributed by atoms with van der Waals surface area (Å²) in [6.07, 6.45) is 0. The zero-order valence-corrected chi connectivity index (χ0v) is 14.5. The maximum Gasteiger partial charge on any atom is 0.387 e. The molecule has 2 N–H and O–H groups in total. The molecule has 2 rings (SSSR count). The Kier molecular flexibility index (Phi) is 6.86. The molecule has 0 saturated carbocycles. The van der Waals surface area contributed by atoms with Crippen molar-refractivity contribution in [2.45, 2.75) is 33.1 Å². The van der Waals surface area contributed by atoms with Gasteiger partial charge in [-0.2, -0.15) is 17.6 Å². The normalized spacial score (nSPS) is 12.0. The fourth-order valence-electron chi connectivity index (χ4n) is 2.38. The molecule has 0 aliphatic heterocycles. The Hall–Kier alpha value is -2.97. The summed E-state index contributed by atoms with van der Waals surface area (Å²) in [4.78, 5) is 12.2. The quantitative estimate of drug-likeness (QED) is 0.653. The minimum atomic E-state index is -3.04. The Morgan fingerprint density at radius 3 is 2.33 bits per heavy atom. The van der Waals surface area contributed by atoms with Gasteiger partial charge in [0.1, 0.15) is 11.5 Å². The second kappa shape index (κ2) is 9.11. The lowest BCUT2D eigenvalue weighted by Crippen LogP contribution is -2.31. The van der Waals surface area contributed by atoms with E-state index in [1.807, 2.05) is 0 Å². The Labute approximate surface area is 153 Å². The van der Waals surface area contributed by atoms with Crippen molar-refractivity contribution < 1.29 is 31.8 Å². The first-order valence-electron chi connectivity index (χ1n) is 7.93. The minimum Gasteiger partial charge on any atom is -0.435 e. The zero-order chi connectivity index (χ0) is 20.0. The second-order valence-corrected chi connectivity index (χ2v) is 5.60. The third kappa shape index (κ3) is 6.05. The predicted molar refractivity (Wildman–Crippen MR) is 91.5 cm³/mol. The van der Waals surface area contributed by atoms with E-state index in [0.29, 0.717) is 11.1 Å². The standard InChI is InChI=1S/C18H18F4N2O3/c1-10-5-3-8-14(27-17(21)22)15(10)24-18(25)23-11(2)12-6-4-7-13(9-12)26-16(19)20/h3-9,11,16-17H,1-2H3,(H2,23,24,25). The van der Waals surface area contributed by atoms with Crippen molar-refractivity contribution in [3.05, 3.63) is 53.6 Å². The number of para-hydroxylation sites is 1. The number of rotatable bonds is 7. The fraction of sp³-hybridized carbons (Fsp3) is 0.278. The van der Waals surface area contributed by atoms with Crippen LogP contribution in [0.25, 0.3) is 0 Å². The topological polar surface area (TPSA) is 59.6 Å². The van der Waals surface area contributed by atoms with E-state index < -0.39 is 25.3 Å². The number of ether oxygens (including phenoxy) is 2. The molecule has 9 heteroatoms. The molecule has 2 aromatic rings. The molecule has 0 bridgehead atoms. The number of carbonyl (C=O) groups excluding carboxylic acids is 1. The van der Waals surface area contributed by atoms with Crippen LogP contribution in [0.1, 0.15) is 24.1 Å². The first-order chi connectivity index (χ1) is 12.8. The predicted octanol–water partition coefficient (Wildman–Crippen LogP) is 5.08. The van der Waals surface area contributed by atoms with Crippen molar-refractivity contribution in [2.75, 3.05) is 5.32 Å². The summed E-state index contributed by atoms with van der Waals surface area (Å²) in [5.74, 6) is -0.205. The molecule has 0 aliphatic carbocycles. The molecular weight excluding hydrogens is 368 g/mol. The van der Waals surface area contributed by atoms with Gasteiger partial charge < -0.3 is 20.1 Å². The SMILES string of the molecule is Cc1cccc(OC(F)F)c1NC(=O)NC(C)c1cccc(OC(F)F)c1. The first kappa shape index (κ1) is 20.3. The van der Waals surface area contributed by atoms with Crippen molar-refractivity contribution in [3.63, 3.8) is 0 Å². The monoisotopic (exact) mass is 386 g/mol. The molecule has 0 aliphatic rings. The number of alkyl halides is 4. The third-order valence-electron chi connectivity index (χ3n) is 3.62. The summed E-state index contributed by atoms with van der Waals surface area (Å²) < 4.78 is 58.4. The van der Waals surface area contributed by atoms with Crippen LogP contribution in [0.4, 0.5) is 28.0 Å². The number of halogens is 4. The van der Waals surface area contributed by atoms with Crippen LogP contribution in [-0.2, 0) is 0 Å².